The van der Waals surface area contributed by atoms with E-state index in [2.05, 4.69) is 35.0 Å². The number of thiophene rings is 2. The molecule has 2 rings (SSSR count). The molecule has 2 aromatic rings. The minimum Gasteiger partial charge on any atom is -0.144 e. The van der Waals surface area contributed by atoms with Crippen molar-refractivity contribution in [3.05, 3.63) is 42.2 Å². The first kappa shape index (κ1) is 12.9. The monoisotopic (exact) mass is 354 g/mol. The van der Waals surface area contributed by atoms with Gasteiger partial charge in [0.2, 0.25) is 0 Å². The molecule has 86 valence electrons. The second-order valence-electron chi connectivity index (χ2n) is 3.30. The van der Waals surface area contributed by atoms with Gasteiger partial charge >= 0.3 is 0 Å². The number of hydrogen-bond acceptors (Lipinski definition) is 2. The summed E-state index contributed by atoms with van der Waals surface area (Å²) >= 11 is 19.0. The maximum Gasteiger partial charge on any atom is 0.0991 e. The Morgan fingerprint density at radius 3 is 2.56 bits per heavy atom. The molecular formula is C11H9BrCl2S2. The van der Waals surface area contributed by atoms with Crippen LogP contribution < -0.4 is 0 Å². The molecule has 0 radical (unpaired) electrons. The summed E-state index contributed by atoms with van der Waals surface area (Å²) in [7, 11) is 0. The van der Waals surface area contributed by atoms with Crippen molar-refractivity contribution in [2.75, 3.05) is 0 Å². The molecule has 0 aliphatic heterocycles. The van der Waals surface area contributed by atoms with Gasteiger partial charge in [-0.2, -0.15) is 0 Å². The van der Waals surface area contributed by atoms with Gasteiger partial charge in [0.15, 0.2) is 0 Å². The summed E-state index contributed by atoms with van der Waals surface area (Å²) in [5, 5.41) is 0. The second kappa shape index (κ2) is 5.40. The third kappa shape index (κ3) is 2.65. The topological polar surface area (TPSA) is 0 Å². The highest BCUT2D eigenvalue weighted by Gasteiger charge is 2.18. The molecule has 0 saturated carbocycles. The molecule has 0 saturated heterocycles. The average Bonchev–Trinajstić information content (AvgIpc) is 2.84. The van der Waals surface area contributed by atoms with Crippen LogP contribution in [0.2, 0.25) is 8.67 Å². The Bertz CT molecular complexity index is 490. The molecule has 2 heterocycles. The van der Waals surface area contributed by atoms with Gasteiger partial charge < -0.3 is 0 Å². The molecule has 0 aliphatic rings. The summed E-state index contributed by atoms with van der Waals surface area (Å²) in [5.74, 6) is 0. The van der Waals surface area contributed by atoms with Crippen LogP contribution in [0.4, 0.5) is 0 Å². The fourth-order valence-electron chi connectivity index (χ4n) is 1.40. The van der Waals surface area contributed by atoms with Gasteiger partial charge in [0.05, 0.1) is 13.5 Å². The SMILES string of the molecule is CCc1ccc(C(Br)c2cc(Cl)sc2Cl)s1. The van der Waals surface area contributed by atoms with E-state index < -0.39 is 0 Å². The van der Waals surface area contributed by atoms with E-state index in [9.17, 15) is 0 Å². The molecule has 5 heteroatoms. The molecule has 0 amide bonds. The Hall–Kier alpha value is 0.460. The molecule has 16 heavy (non-hydrogen) atoms. The van der Waals surface area contributed by atoms with Crippen LogP contribution >= 0.6 is 61.8 Å². The Labute approximate surface area is 121 Å². The molecule has 2 aromatic heterocycles. The van der Waals surface area contributed by atoms with E-state index in [1.165, 1.54) is 21.1 Å². The highest BCUT2D eigenvalue weighted by atomic mass is 79.9. The van der Waals surface area contributed by atoms with Gasteiger partial charge in [-0.25, -0.2) is 0 Å². The summed E-state index contributed by atoms with van der Waals surface area (Å²) in [6.07, 6.45) is 1.07. The predicted octanol–water partition coefficient (Wildman–Crippen LogP) is 6.16. The van der Waals surface area contributed by atoms with E-state index in [1.54, 1.807) is 0 Å². The molecule has 0 N–H and O–H groups in total. The van der Waals surface area contributed by atoms with Gasteiger partial charge in [-0.05, 0) is 24.6 Å². The Morgan fingerprint density at radius 2 is 2.06 bits per heavy atom. The van der Waals surface area contributed by atoms with Crippen molar-refractivity contribution >= 4 is 61.8 Å². The lowest BCUT2D eigenvalue weighted by molar-refractivity contribution is 1.19. The Morgan fingerprint density at radius 1 is 1.31 bits per heavy atom. The van der Waals surface area contributed by atoms with Crippen molar-refractivity contribution in [1.82, 2.24) is 0 Å². The largest absolute Gasteiger partial charge is 0.144 e. The molecule has 0 nitrogen and oxygen atoms in total. The number of halogens is 3. The number of hydrogen-bond donors (Lipinski definition) is 0. The molecule has 0 fully saturated rings. The van der Waals surface area contributed by atoms with Crippen molar-refractivity contribution < 1.29 is 0 Å². The Kier molecular flexibility index (Phi) is 4.36. The third-order valence-corrected chi connectivity index (χ3v) is 6.34. The fourth-order valence-corrected chi connectivity index (χ4v) is 4.96. The van der Waals surface area contributed by atoms with Crippen LogP contribution in [-0.4, -0.2) is 0 Å². The van der Waals surface area contributed by atoms with Crippen LogP contribution in [0.1, 0.15) is 27.1 Å². The minimum atomic E-state index is 0.147. The number of aryl methyl sites for hydroxylation is 1. The van der Waals surface area contributed by atoms with E-state index in [4.69, 9.17) is 23.2 Å². The molecule has 0 aromatic carbocycles. The average molecular weight is 356 g/mol. The number of rotatable bonds is 3. The summed E-state index contributed by atoms with van der Waals surface area (Å²) in [6.45, 7) is 2.16. The zero-order chi connectivity index (χ0) is 11.7. The van der Waals surface area contributed by atoms with Crippen LogP contribution in [-0.2, 0) is 6.42 Å². The van der Waals surface area contributed by atoms with Gasteiger partial charge in [-0.3, -0.25) is 0 Å². The summed E-state index contributed by atoms with van der Waals surface area (Å²) in [6, 6.07) is 6.24. The van der Waals surface area contributed by atoms with Crippen molar-refractivity contribution in [2.45, 2.75) is 18.2 Å². The van der Waals surface area contributed by atoms with E-state index in [0.29, 0.717) is 0 Å². The van der Waals surface area contributed by atoms with Crippen molar-refractivity contribution in [3.63, 3.8) is 0 Å². The highest BCUT2D eigenvalue weighted by Crippen LogP contribution is 2.43. The lowest BCUT2D eigenvalue weighted by Gasteiger charge is -2.05. The van der Waals surface area contributed by atoms with E-state index in [1.807, 2.05) is 17.4 Å². The fraction of sp³-hybridized carbons (Fsp3) is 0.273. The maximum atomic E-state index is 6.14. The van der Waals surface area contributed by atoms with Gasteiger partial charge in [0.1, 0.15) is 0 Å². The first-order valence-corrected chi connectivity index (χ1v) is 8.09. The molecule has 1 atom stereocenters. The number of alkyl halides is 1. The lowest BCUT2D eigenvalue weighted by atomic mass is 10.2. The van der Waals surface area contributed by atoms with Crippen molar-refractivity contribution in [2.24, 2.45) is 0 Å². The summed E-state index contributed by atoms with van der Waals surface area (Å²) in [5.41, 5.74) is 1.06. The van der Waals surface area contributed by atoms with Gasteiger partial charge in [-0.1, -0.05) is 46.1 Å². The van der Waals surface area contributed by atoms with Gasteiger partial charge in [0.25, 0.3) is 0 Å². The molecule has 0 bridgehead atoms. The first-order valence-electron chi connectivity index (χ1n) is 4.79. The quantitative estimate of drug-likeness (QED) is 0.578. The van der Waals surface area contributed by atoms with Crippen molar-refractivity contribution in [1.29, 1.82) is 0 Å². The second-order valence-corrected chi connectivity index (χ2v) is 7.70. The zero-order valence-electron chi connectivity index (χ0n) is 8.47. The van der Waals surface area contributed by atoms with Crippen molar-refractivity contribution in [3.8, 4) is 0 Å². The third-order valence-electron chi connectivity index (χ3n) is 2.24. The maximum absolute atomic E-state index is 6.14. The van der Waals surface area contributed by atoms with E-state index >= 15 is 0 Å². The van der Waals surface area contributed by atoms with E-state index in [0.717, 1.165) is 20.7 Å². The first-order chi connectivity index (χ1) is 7.61. The van der Waals surface area contributed by atoms with Crippen LogP contribution in [0.5, 0.6) is 0 Å². The minimum absolute atomic E-state index is 0.147. The van der Waals surface area contributed by atoms with Crippen LogP contribution in [0, 0.1) is 0 Å². The predicted molar refractivity (Wildman–Crippen MR) is 78.8 cm³/mol. The molecule has 0 aliphatic carbocycles. The smallest absolute Gasteiger partial charge is 0.0991 e. The highest BCUT2D eigenvalue weighted by molar-refractivity contribution is 9.09. The van der Waals surface area contributed by atoms with E-state index in [-0.39, 0.29) is 4.83 Å². The molecule has 0 spiro atoms. The van der Waals surface area contributed by atoms with Crippen LogP contribution in [0.3, 0.4) is 0 Å². The lowest BCUT2D eigenvalue weighted by Crippen LogP contribution is -1.86. The standard InChI is InChI=1S/C11H9BrCl2S2/c1-2-6-3-4-8(15-6)10(12)7-5-9(13)16-11(7)14/h3-5,10H,2H2,1H3. The van der Waals surface area contributed by atoms with Crippen LogP contribution in [0.15, 0.2) is 18.2 Å². The molecule has 1 unspecified atom stereocenters. The van der Waals surface area contributed by atoms with Crippen LogP contribution in [0.25, 0.3) is 0 Å². The van der Waals surface area contributed by atoms with Gasteiger partial charge in [-0.15, -0.1) is 22.7 Å². The Balaban J connectivity index is 2.31. The zero-order valence-corrected chi connectivity index (χ0v) is 13.2. The normalized spacial score (nSPS) is 13.0. The summed E-state index contributed by atoms with van der Waals surface area (Å²) < 4.78 is 1.50. The summed E-state index contributed by atoms with van der Waals surface area (Å²) in [4.78, 5) is 2.80. The molecular weight excluding hydrogens is 347 g/mol. The van der Waals surface area contributed by atoms with Gasteiger partial charge in [0, 0.05) is 15.3 Å².